The smallest absolute Gasteiger partial charge is 0.179 e. The molecule has 0 spiro atoms. The van der Waals surface area contributed by atoms with Crippen LogP contribution < -0.4 is 0 Å². The lowest BCUT2D eigenvalue weighted by Gasteiger charge is -1.99. The molecule has 24 heavy (non-hydrogen) atoms. The molecule has 0 unspecified atom stereocenters. The topological polar surface area (TPSA) is 25.5 Å². The summed E-state index contributed by atoms with van der Waals surface area (Å²) >= 11 is 20.3. The predicted molar refractivity (Wildman–Crippen MR) is 108 cm³/mol. The van der Waals surface area contributed by atoms with Crippen molar-refractivity contribution in [3.8, 4) is 0 Å². The van der Waals surface area contributed by atoms with E-state index in [2.05, 4.69) is 36.9 Å². The second-order valence-corrected chi connectivity index (χ2v) is 8.30. The van der Waals surface area contributed by atoms with Crippen LogP contribution in [0, 0.1) is 0 Å². The zero-order valence-corrected chi connectivity index (χ0v) is 17.5. The third kappa shape index (κ3) is 4.67. The summed E-state index contributed by atoms with van der Waals surface area (Å²) in [5, 5.41) is 2.08. The fourth-order valence-corrected chi connectivity index (χ4v) is 3.69. The Kier molecular flexibility index (Phi) is 6.11. The monoisotopic (exact) mass is 503 g/mol. The van der Waals surface area contributed by atoms with Gasteiger partial charge in [-0.1, -0.05) is 35.0 Å². The zero-order chi connectivity index (χ0) is 17.1. The molecule has 0 fully saturated rings. The second-order valence-electron chi connectivity index (χ2n) is 4.70. The Morgan fingerprint density at radius 3 is 2.42 bits per heavy atom. The zero-order valence-electron chi connectivity index (χ0n) is 12.0. The molecular formula is C17H9Br2Cl2NOS. The molecule has 0 aliphatic heterocycles. The number of furan rings is 1. The summed E-state index contributed by atoms with van der Waals surface area (Å²) < 4.78 is 7.53. The molecule has 0 N–H and O–H groups in total. The van der Waals surface area contributed by atoms with E-state index in [9.17, 15) is 0 Å². The number of halogens is 4. The van der Waals surface area contributed by atoms with Gasteiger partial charge in [-0.2, -0.15) is 0 Å². The van der Waals surface area contributed by atoms with Gasteiger partial charge in [0.2, 0.25) is 0 Å². The van der Waals surface area contributed by atoms with Crippen molar-refractivity contribution >= 4 is 78.7 Å². The van der Waals surface area contributed by atoms with E-state index in [1.54, 1.807) is 12.3 Å². The number of hydrogen-bond acceptors (Lipinski definition) is 3. The first-order chi connectivity index (χ1) is 11.5. The molecule has 0 saturated heterocycles. The summed E-state index contributed by atoms with van der Waals surface area (Å²) in [6, 6.07) is 15.0. The van der Waals surface area contributed by atoms with E-state index in [1.807, 2.05) is 42.5 Å². The molecule has 0 aliphatic rings. The second kappa shape index (κ2) is 8.11. The number of benzene rings is 2. The lowest BCUT2D eigenvalue weighted by molar-refractivity contribution is 0.466. The predicted octanol–water partition coefficient (Wildman–Crippen LogP) is 8.01. The Morgan fingerprint density at radius 1 is 0.958 bits per heavy atom. The van der Waals surface area contributed by atoms with E-state index >= 15 is 0 Å². The molecule has 122 valence electrons. The van der Waals surface area contributed by atoms with E-state index in [-0.39, 0.29) is 0 Å². The minimum Gasteiger partial charge on any atom is -0.447 e. The maximum Gasteiger partial charge on any atom is 0.179 e. The average Bonchev–Trinajstić information content (AvgIpc) is 2.91. The largest absolute Gasteiger partial charge is 0.447 e. The molecule has 1 aromatic heterocycles. The summed E-state index contributed by atoms with van der Waals surface area (Å²) in [6.45, 7) is 0. The Hall–Kier alpha value is -0.720. The summed E-state index contributed by atoms with van der Waals surface area (Å²) in [6.07, 6.45) is 1.66. The fraction of sp³-hybridized carbons (Fsp3) is 0. The minimum atomic E-state index is 0.615. The fourth-order valence-electron chi connectivity index (χ4n) is 1.82. The molecule has 3 aromatic rings. The number of hydrogen-bond donors (Lipinski definition) is 0. The van der Waals surface area contributed by atoms with Crippen molar-refractivity contribution in [3.05, 3.63) is 73.3 Å². The first-order valence-corrected chi connectivity index (χ1v) is 9.89. The molecule has 2 nitrogen and oxygen atoms in total. The van der Waals surface area contributed by atoms with Gasteiger partial charge in [0.15, 0.2) is 5.09 Å². The van der Waals surface area contributed by atoms with Crippen LogP contribution >= 0.6 is 66.8 Å². The van der Waals surface area contributed by atoms with Crippen LogP contribution in [0.15, 0.2) is 76.9 Å². The molecule has 0 radical (unpaired) electrons. The van der Waals surface area contributed by atoms with E-state index < -0.39 is 0 Å². The molecular weight excluding hydrogens is 497 g/mol. The molecule has 3 rings (SSSR count). The van der Waals surface area contributed by atoms with E-state index in [1.165, 1.54) is 11.8 Å². The highest BCUT2D eigenvalue weighted by Crippen LogP contribution is 2.36. The number of rotatable bonds is 4. The van der Waals surface area contributed by atoms with Crippen LogP contribution in [0.1, 0.15) is 5.76 Å². The van der Waals surface area contributed by atoms with Crippen molar-refractivity contribution in [1.82, 2.24) is 0 Å². The molecule has 0 atom stereocenters. The summed E-state index contributed by atoms with van der Waals surface area (Å²) in [5.41, 5.74) is 0.752. The van der Waals surface area contributed by atoms with Crippen molar-refractivity contribution in [2.75, 3.05) is 0 Å². The number of aliphatic imine (C=N–C) groups is 1. The maximum absolute atomic E-state index is 6.06. The molecule has 0 aliphatic carbocycles. The highest BCUT2D eigenvalue weighted by Gasteiger charge is 2.10. The van der Waals surface area contributed by atoms with Gasteiger partial charge in [0.05, 0.1) is 21.4 Å². The van der Waals surface area contributed by atoms with Crippen LogP contribution in [-0.2, 0) is 0 Å². The van der Waals surface area contributed by atoms with Crippen LogP contribution in [0.5, 0.6) is 0 Å². The Balaban J connectivity index is 1.76. The highest BCUT2D eigenvalue weighted by atomic mass is 79.9. The van der Waals surface area contributed by atoms with Crippen LogP contribution in [0.4, 0.5) is 5.69 Å². The summed E-state index contributed by atoms with van der Waals surface area (Å²) in [4.78, 5) is 5.42. The first-order valence-electron chi connectivity index (χ1n) is 6.73. The third-order valence-corrected chi connectivity index (χ3v) is 6.28. The quantitative estimate of drug-likeness (QED) is 0.335. The van der Waals surface area contributed by atoms with Crippen molar-refractivity contribution in [2.24, 2.45) is 4.99 Å². The van der Waals surface area contributed by atoms with Crippen LogP contribution in [0.2, 0.25) is 10.0 Å². The minimum absolute atomic E-state index is 0.615. The van der Waals surface area contributed by atoms with E-state index in [4.69, 9.17) is 27.6 Å². The van der Waals surface area contributed by atoms with Gasteiger partial charge in [0.25, 0.3) is 0 Å². The van der Waals surface area contributed by atoms with E-state index in [0.717, 1.165) is 24.6 Å². The SMILES string of the molecule is Clc1ccc(Sc2oc(C=Nc3ccc(Br)c(Cl)c3)cc2Br)cc1. The molecule has 0 bridgehead atoms. The Bertz CT molecular complexity index is 894. The lowest BCUT2D eigenvalue weighted by atomic mass is 10.3. The molecule has 0 saturated carbocycles. The summed E-state index contributed by atoms with van der Waals surface area (Å²) in [7, 11) is 0. The van der Waals surface area contributed by atoms with Crippen LogP contribution in [0.25, 0.3) is 0 Å². The maximum atomic E-state index is 6.06. The third-order valence-electron chi connectivity index (χ3n) is 2.94. The van der Waals surface area contributed by atoms with Crippen molar-refractivity contribution < 1.29 is 4.42 Å². The number of nitrogens with zero attached hydrogens (tertiary/aromatic N) is 1. The van der Waals surface area contributed by atoms with Gasteiger partial charge in [-0.3, -0.25) is 4.99 Å². The summed E-state index contributed by atoms with van der Waals surface area (Å²) in [5.74, 6) is 0.650. The van der Waals surface area contributed by atoms with Gasteiger partial charge < -0.3 is 4.42 Å². The van der Waals surface area contributed by atoms with E-state index in [0.29, 0.717) is 15.8 Å². The molecule has 7 heteroatoms. The van der Waals surface area contributed by atoms with Crippen LogP contribution in [0.3, 0.4) is 0 Å². The normalized spacial score (nSPS) is 11.3. The standard InChI is InChI=1S/C17H9Br2Cl2NOS/c18-14-6-3-11(7-16(14)21)22-9-12-8-15(19)17(23-12)24-13-4-1-10(20)2-5-13/h1-9H. The first kappa shape index (κ1) is 18.1. The Morgan fingerprint density at radius 2 is 1.71 bits per heavy atom. The van der Waals surface area contributed by atoms with Gasteiger partial charge in [-0.15, -0.1) is 0 Å². The molecule has 2 aromatic carbocycles. The van der Waals surface area contributed by atoms with Gasteiger partial charge in [-0.05, 0) is 74.3 Å². The van der Waals surface area contributed by atoms with Crippen molar-refractivity contribution in [1.29, 1.82) is 0 Å². The Labute approximate surface area is 170 Å². The van der Waals surface area contributed by atoms with Crippen LogP contribution in [-0.4, -0.2) is 6.21 Å². The molecule has 0 amide bonds. The lowest BCUT2D eigenvalue weighted by Crippen LogP contribution is -1.75. The van der Waals surface area contributed by atoms with Crippen molar-refractivity contribution in [3.63, 3.8) is 0 Å². The average molecular weight is 506 g/mol. The highest BCUT2D eigenvalue weighted by molar-refractivity contribution is 9.10. The van der Waals surface area contributed by atoms with Crippen molar-refractivity contribution in [2.45, 2.75) is 9.99 Å². The van der Waals surface area contributed by atoms with Gasteiger partial charge in [0.1, 0.15) is 5.76 Å². The van der Waals surface area contributed by atoms with Gasteiger partial charge in [0, 0.05) is 20.5 Å². The molecule has 1 heterocycles. The van der Waals surface area contributed by atoms with Gasteiger partial charge >= 0.3 is 0 Å². The van der Waals surface area contributed by atoms with Gasteiger partial charge in [-0.25, -0.2) is 0 Å².